The van der Waals surface area contributed by atoms with Crippen molar-refractivity contribution in [3.63, 3.8) is 0 Å². The molecule has 1 atom stereocenters. The summed E-state index contributed by atoms with van der Waals surface area (Å²) in [6.07, 6.45) is 1.57. The second kappa shape index (κ2) is 6.78. The van der Waals surface area contributed by atoms with E-state index in [0.29, 0.717) is 15.2 Å². The number of hydrogen-bond acceptors (Lipinski definition) is 3. The molecule has 1 saturated heterocycles. The van der Waals surface area contributed by atoms with Gasteiger partial charge in [-0.3, -0.25) is 14.4 Å². The molecule has 1 unspecified atom stereocenters. The summed E-state index contributed by atoms with van der Waals surface area (Å²) in [4.78, 5) is 40.3. The van der Waals surface area contributed by atoms with Gasteiger partial charge in [0.25, 0.3) is 5.56 Å². The second-order valence-electron chi connectivity index (χ2n) is 5.44. The highest BCUT2D eigenvalue weighted by Crippen LogP contribution is 2.27. The van der Waals surface area contributed by atoms with Crippen molar-refractivity contribution in [3.8, 4) is 0 Å². The fourth-order valence-corrected chi connectivity index (χ4v) is 3.09. The Balaban J connectivity index is 1.74. The Bertz CT molecular complexity index is 868. The van der Waals surface area contributed by atoms with Crippen molar-refractivity contribution in [1.29, 1.82) is 0 Å². The maximum Gasteiger partial charge on any atom is 0.271 e. The van der Waals surface area contributed by atoms with Crippen molar-refractivity contribution < 1.29 is 9.59 Å². The van der Waals surface area contributed by atoms with Crippen LogP contribution >= 0.6 is 27.5 Å². The molecule has 2 N–H and O–H groups in total. The first-order valence-corrected chi connectivity index (χ1v) is 8.36. The first-order valence-electron chi connectivity index (χ1n) is 7.19. The Morgan fingerprint density at radius 2 is 2.12 bits per heavy atom. The van der Waals surface area contributed by atoms with Crippen LogP contribution in [0.5, 0.6) is 0 Å². The van der Waals surface area contributed by atoms with Crippen molar-refractivity contribution in [2.75, 3.05) is 16.8 Å². The summed E-state index contributed by atoms with van der Waals surface area (Å²) < 4.78 is 0.639. The van der Waals surface area contributed by atoms with Gasteiger partial charge in [-0.25, -0.2) is 0 Å². The first-order chi connectivity index (χ1) is 11.4. The van der Waals surface area contributed by atoms with Gasteiger partial charge in [0, 0.05) is 34.3 Å². The number of hydrogen-bond donors (Lipinski definition) is 2. The van der Waals surface area contributed by atoms with Gasteiger partial charge in [0.15, 0.2) is 0 Å². The molecule has 1 aliphatic rings. The van der Waals surface area contributed by atoms with E-state index in [9.17, 15) is 14.4 Å². The molecule has 0 bridgehead atoms. The normalized spacial score (nSPS) is 17.2. The zero-order valence-corrected chi connectivity index (χ0v) is 14.7. The lowest BCUT2D eigenvalue weighted by atomic mass is 10.1. The van der Waals surface area contributed by atoms with E-state index in [1.54, 1.807) is 24.3 Å². The number of nitrogens with zero attached hydrogens (tertiary/aromatic N) is 1. The summed E-state index contributed by atoms with van der Waals surface area (Å²) in [6.45, 7) is 0.247. The minimum absolute atomic E-state index is 0.0876. The molecular weight excluding hydrogens is 398 g/mol. The number of benzene rings is 1. The number of H-pyrrole nitrogens is 1. The zero-order valence-electron chi connectivity index (χ0n) is 12.4. The highest BCUT2D eigenvalue weighted by atomic mass is 79.9. The smallest absolute Gasteiger partial charge is 0.271 e. The maximum atomic E-state index is 12.4. The summed E-state index contributed by atoms with van der Waals surface area (Å²) in [5, 5.41) is 3.10. The molecule has 1 aromatic heterocycles. The topological polar surface area (TPSA) is 82.3 Å². The van der Waals surface area contributed by atoms with Crippen molar-refractivity contribution in [1.82, 2.24) is 4.98 Å². The minimum atomic E-state index is -0.533. The number of carbonyl (C=O) groups is 2. The highest BCUT2D eigenvalue weighted by Gasteiger charge is 2.35. The average molecular weight is 411 g/mol. The molecule has 24 heavy (non-hydrogen) atoms. The molecule has 0 spiro atoms. The van der Waals surface area contributed by atoms with Gasteiger partial charge in [-0.15, -0.1) is 0 Å². The number of halogens is 2. The molecule has 1 fully saturated rings. The summed E-state index contributed by atoms with van der Waals surface area (Å²) in [5.41, 5.74) is 0.397. The molecule has 0 saturated carbocycles. The van der Waals surface area contributed by atoms with Crippen LogP contribution in [0, 0.1) is 5.92 Å². The van der Waals surface area contributed by atoms with E-state index in [1.165, 1.54) is 17.2 Å². The summed E-state index contributed by atoms with van der Waals surface area (Å²) in [7, 11) is 0. The molecule has 2 amide bonds. The van der Waals surface area contributed by atoms with Gasteiger partial charge in [-0.1, -0.05) is 17.7 Å². The largest absolute Gasteiger partial charge is 0.326 e. The van der Waals surface area contributed by atoms with Crippen LogP contribution in [0.4, 0.5) is 11.4 Å². The monoisotopic (exact) mass is 409 g/mol. The number of amides is 2. The Morgan fingerprint density at radius 1 is 1.33 bits per heavy atom. The molecule has 0 radical (unpaired) electrons. The van der Waals surface area contributed by atoms with E-state index in [0.717, 1.165) is 0 Å². The van der Waals surface area contributed by atoms with Gasteiger partial charge in [-0.05, 0) is 40.2 Å². The molecule has 2 heterocycles. The molecule has 124 valence electrons. The van der Waals surface area contributed by atoms with Crippen LogP contribution in [0.15, 0.2) is 45.8 Å². The van der Waals surface area contributed by atoms with Crippen LogP contribution in [-0.2, 0) is 9.59 Å². The number of anilines is 2. The predicted molar refractivity (Wildman–Crippen MR) is 95.3 cm³/mol. The fourth-order valence-electron chi connectivity index (χ4n) is 2.56. The third-order valence-corrected chi connectivity index (χ3v) is 4.43. The SMILES string of the molecule is O=C(Nc1cc(Br)c[nH]c1=O)C1CC(=O)N(c2cccc(Cl)c2)C1. The molecule has 1 aliphatic heterocycles. The quantitative estimate of drug-likeness (QED) is 0.816. The van der Waals surface area contributed by atoms with Gasteiger partial charge in [-0.2, -0.15) is 0 Å². The van der Waals surface area contributed by atoms with Gasteiger partial charge in [0.1, 0.15) is 5.69 Å². The molecule has 8 heteroatoms. The third kappa shape index (κ3) is 3.52. The third-order valence-electron chi connectivity index (χ3n) is 3.74. The summed E-state index contributed by atoms with van der Waals surface area (Å²) >= 11 is 9.18. The van der Waals surface area contributed by atoms with E-state index >= 15 is 0 Å². The number of rotatable bonds is 3. The molecule has 0 aliphatic carbocycles. The molecular formula is C16H13BrClN3O3. The van der Waals surface area contributed by atoms with Gasteiger partial charge < -0.3 is 15.2 Å². The Morgan fingerprint density at radius 3 is 2.88 bits per heavy atom. The van der Waals surface area contributed by atoms with Crippen LogP contribution in [-0.4, -0.2) is 23.3 Å². The lowest BCUT2D eigenvalue weighted by molar-refractivity contribution is -0.122. The van der Waals surface area contributed by atoms with Crippen LogP contribution in [0.3, 0.4) is 0 Å². The van der Waals surface area contributed by atoms with E-state index in [4.69, 9.17) is 11.6 Å². The predicted octanol–water partition coefficient (Wildman–Crippen LogP) is 2.78. The Hall–Kier alpha value is -2.12. The zero-order chi connectivity index (χ0) is 17.3. The van der Waals surface area contributed by atoms with E-state index in [-0.39, 0.29) is 30.5 Å². The van der Waals surface area contributed by atoms with E-state index in [1.807, 2.05) is 0 Å². The summed E-state index contributed by atoms with van der Waals surface area (Å²) in [6, 6.07) is 8.43. The number of nitrogens with one attached hydrogen (secondary N) is 2. The first kappa shape index (κ1) is 16.7. The highest BCUT2D eigenvalue weighted by molar-refractivity contribution is 9.10. The van der Waals surface area contributed by atoms with Crippen molar-refractivity contribution in [2.45, 2.75) is 6.42 Å². The van der Waals surface area contributed by atoms with Crippen molar-refractivity contribution in [3.05, 3.63) is 56.4 Å². The number of carbonyl (C=O) groups excluding carboxylic acids is 2. The summed E-state index contributed by atoms with van der Waals surface area (Å²) in [5.74, 6) is -1.05. The molecule has 2 aromatic rings. The Labute approximate surface area is 150 Å². The van der Waals surface area contributed by atoms with Crippen LogP contribution in [0.1, 0.15) is 6.42 Å². The number of aromatic amines is 1. The number of aromatic nitrogens is 1. The Kier molecular flexibility index (Phi) is 4.73. The maximum absolute atomic E-state index is 12.4. The standard InChI is InChI=1S/C16H13BrClN3O3/c17-10-5-13(16(24)19-7-10)20-15(23)9-4-14(22)21(8-9)12-3-1-2-11(18)6-12/h1-3,5-7,9H,4,8H2,(H,19,24)(H,20,23). The van der Waals surface area contributed by atoms with Gasteiger partial charge in [0.2, 0.25) is 11.8 Å². The van der Waals surface area contributed by atoms with Crippen LogP contribution in [0.2, 0.25) is 5.02 Å². The van der Waals surface area contributed by atoms with Gasteiger partial charge >= 0.3 is 0 Å². The van der Waals surface area contributed by atoms with E-state index < -0.39 is 11.5 Å². The van der Waals surface area contributed by atoms with Crippen molar-refractivity contribution in [2.24, 2.45) is 5.92 Å². The fraction of sp³-hybridized carbons (Fsp3) is 0.188. The molecule has 3 rings (SSSR count). The molecule has 6 nitrogen and oxygen atoms in total. The average Bonchev–Trinajstić information content (AvgIpc) is 2.93. The van der Waals surface area contributed by atoms with Crippen molar-refractivity contribution >= 4 is 50.7 Å². The van der Waals surface area contributed by atoms with Crippen LogP contribution in [0.25, 0.3) is 0 Å². The van der Waals surface area contributed by atoms with E-state index in [2.05, 4.69) is 26.2 Å². The lowest BCUT2D eigenvalue weighted by Crippen LogP contribution is -2.29. The molecule has 1 aromatic carbocycles. The van der Waals surface area contributed by atoms with Gasteiger partial charge in [0.05, 0.1) is 5.92 Å². The second-order valence-corrected chi connectivity index (χ2v) is 6.79. The lowest BCUT2D eigenvalue weighted by Gasteiger charge is -2.17. The minimum Gasteiger partial charge on any atom is -0.326 e. The van der Waals surface area contributed by atoms with Crippen LogP contribution < -0.4 is 15.8 Å². The number of pyridine rings is 1.